The molecule has 0 radical (unpaired) electrons. The second-order valence-corrected chi connectivity index (χ2v) is 9.32. The minimum absolute atomic E-state index is 0.0611. The molecular formula is C25H27N5O2. The van der Waals surface area contributed by atoms with Gasteiger partial charge in [0.05, 0.1) is 22.9 Å². The number of hydrogen-bond acceptors (Lipinski definition) is 5. The summed E-state index contributed by atoms with van der Waals surface area (Å²) in [4.78, 5) is 17.1. The minimum Gasteiger partial charge on any atom is -0.390 e. The number of anilines is 1. The molecule has 2 aliphatic carbocycles. The number of carbonyl (C=O) groups excluding carboxylic acids is 1. The quantitative estimate of drug-likeness (QED) is 0.582. The number of nitrogens with zero attached hydrogens (tertiary/aromatic N) is 3. The lowest BCUT2D eigenvalue weighted by Crippen LogP contribution is -2.42. The first kappa shape index (κ1) is 20.5. The molecule has 2 aromatic heterocycles. The van der Waals surface area contributed by atoms with Gasteiger partial charge < -0.3 is 16.6 Å². The van der Waals surface area contributed by atoms with Crippen molar-refractivity contribution in [2.24, 2.45) is 11.7 Å². The largest absolute Gasteiger partial charge is 0.390 e. The predicted octanol–water partition coefficient (Wildman–Crippen LogP) is 3.84. The average molecular weight is 430 g/mol. The van der Waals surface area contributed by atoms with Crippen molar-refractivity contribution in [3.63, 3.8) is 0 Å². The van der Waals surface area contributed by atoms with Crippen LogP contribution < -0.4 is 11.5 Å². The predicted molar refractivity (Wildman–Crippen MR) is 126 cm³/mol. The number of carbonyl (C=O) groups is 1. The number of rotatable bonds is 4. The summed E-state index contributed by atoms with van der Waals surface area (Å²) in [6.07, 6.45) is 8.62. The van der Waals surface area contributed by atoms with Crippen molar-refractivity contribution in [3.05, 3.63) is 59.8 Å². The van der Waals surface area contributed by atoms with E-state index in [1.165, 1.54) is 0 Å². The summed E-state index contributed by atoms with van der Waals surface area (Å²) < 4.78 is 1.63. The lowest BCUT2D eigenvalue weighted by molar-refractivity contribution is -0.0535. The standard InChI is InChI=1S/C25H27N5O2/c1-14-4-3-5-16(10-14)19-9-8-15-6-7-17(11-20(15)28-19)22-21(24(27)31)23(26)30(29-22)18-12-25(2,32)13-18/h3,5-11,14,18,32H,4,12-13,26H2,1-2H3,(H2,27,31)/t14?,18-,25-. The molecule has 1 aromatic carbocycles. The van der Waals surface area contributed by atoms with Gasteiger partial charge >= 0.3 is 0 Å². The van der Waals surface area contributed by atoms with Crippen molar-refractivity contribution in [2.45, 2.75) is 44.8 Å². The monoisotopic (exact) mass is 429 g/mol. The highest BCUT2D eigenvalue weighted by Gasteiger charge is 2.41. The van der Waals surface area contributed by atoms with Gasteiger partial charge in [0.1, 0.15) is 17.1 Å². The van der Waals surface area contributed by atoms with E-state index in [2.05, 4.69) is 30.3 Å². The first-order chi connectivity index (χ1) is 15.2. The lowest BCUT2D eigenvalue weighted by Gasteiger charge is -2.41. The average Bonchev–Trinajstić information content (AvgIpc) is 3.08. The molecule has 0 aliphatic heterocycles. The molecule has 7 nitrogen and oxygen atoms in total. The Morgan fingerprint density at radius 1 is 1.25 bits per heavy atom. The molecule has 0 bridgehead atoms. The highest BCUT2D eigenvalue weighted by atomic mass is 16.3. The third-order valence-corrected chi connectivity index (χ3v) is 6.42. The zero-order valence-corrected chi connectivity index (χ0v) is 18.2. The molecule has 0 saturated heterocycles. The SMILES string of the molecule is CC1C=C(c2ccc3ccc(-c4nn([C@H]5C[C@](C)(O)C5)c(N)c4C(N)=O)cc3n2)C=CC1. The molecule has 5 N–H and O–H groups in total. The van der Waals surface area contributed by atoms with Gasteiger partial charge in [-0.25, -0.2) is 9.67 Å². The molecule has 0 spiro atoms. The van der Waals surface area contributed by atoms with Gasteiger partial charge in [-0.05, 0) is 49.8 Å². The molecule has 3 aromatic rings. The molecule has 2 heterocycles. The van der Waals surface area contributed by atoms with Crippen LogP contribution in [-0.4, -0.2) is 31.4 Å². The number of allylic oxidation sites excluding steroid dienone is 4. The van der Waals surface area contributed by atoms with E-state index in [9.17, 15) is 9.90 Å². The molecule has 1 atom stereocenters. The van der Waals surface area contributed by atoms with E-state index in [4.69, 9.17) is 16.5 Å². The first-order valence-corrected chi connectivity index (χ1v) is 10.9. The summed E-state index contributed by atoms with van der Waals surface area (Å²) in [5.41, 5.74) is 15.4. The van der Waals surface area contributed by atoms with E-state index >= 15 is 0 Å². The Kier molecular flexibility index (Phi) is 4.67. The van der Waals surface area contributed by atoms with E-state index in [1.54, 1.807) is 11.6 Å². The fourth-order valence-electron chi connectivity index (χ4n) is 4.73. The number of amides is 1. The molecular weight excluding hydrogens is 402 g/mol. The summed E-state index contributed by atoms with van der Waals surface area (Å²) in [6, 6.07) is 9.80. The third kappa shape index (κ3) is 3.48. The molecule has 164 valence electrons. The highest BCUT2D eigenvalue weighted by molar-refractivity contribution is 6.04. The number of primary amides is 1. The molecule has 1 fully saturated rings. The van der Waals surface area contributed by atoms with Crippen molar-refractivity contribution >= 4 is 28.2 Å². The van der Waals surface area contributed by atoms with E-state index in [1.807, 2.05) is 30.3 Å². The smallest absolute Gasteiger partial charge is 0.254 e. The Balaban J connectivity index is 1.58. The molecule has 7 heteroatoms. The van der Waals surface area contributed by atoms with Crippen LogP contribution in [0.5, 0.6) is 0 Å². The topological polar surface area (TPSA) is 120 Å². The maximum absolute atomic E-state index is 12.2. The molecule has 32 heavy (non-hydrogen) atoms. The zero-order chi connectivity index (χ0) is 22.6. The van der Waals surface area contributed by atoms with Crippen molar-refractivity contribution < 1.29 is 9.90 Å². The molecule has 2 aliphatic rings. The molecule has 1 unspecified atom stereocenters. The number of benzene rings is 1. The Hall–Kier alpha value is -3.45. The van der Waals surface area contributed by atoms with Crippen LogP contribution in [0.3, 0.4) is 0 Å². The Morgan fingerprint density at radius 3 is 2.69 bits per heavy atom. The molecule has 1 amide bonds. The maximum atomic E-state index is 12.2. The fraction of sp³-hybridized carbons (Fsp3) is 0.320. The van der Waals surface area contributed by atoms with Crippen LogP contribution in [-0.2, 0) is 0 Å². The second kappa shape index (κ2) is 7.31. The Morgan fingerprint density at radius 2 is 2.00 bits per heavy atom. The van der Waals surface area contributed by atoms with E-state index in [0.29, 0.717) is 24.5 Å². The normalized spacial score (nSPS) is 24.9. The number of aliphatic hydroxyl groups is 1. The van der Waals surface area contributed by atoms with Crippen LogP contribution >= 0.6 is 0 Å². The van der Waals surface area contributed by atoms with Gasteiger partial charge in [-0.15, -0.1) is 0 Å². The summed E-state index contributed by atoms with van der Waals surface area (Å²) in [7, 11) is 0. The van der Waals surface area contributed by atoms with Crippen molar-refractivity contribution in [1.82, 2.24) is 14.8 Å². The second-order valence-electron chi connectivity index (χ2n) is 9.32. The van der Waals surface area contributed by atoms with Gasteiger partial charge in [0.15, 0.2) is 0 Å². The lowest BCUT2D eigenvalue weighted by atomic mass is 9.77. The van der Waals surface area contributed by atoms with Crippen molar-refractivity contribution in [3.8, 4) is 11.3 Å². The van der Waals surface area contributed by atoms with Crippen LogP contribution in [0.2, 0.25) is 0 Å². The summed E-state index contributed by atoms with van der Waals surface area (Å²) in [6.45, 7) is 3.97. The van der Waals surface area contributed by atoms with Crippen LogP contribution in [0, 0.1) is 5.92 Å². The van der Waals surface area contributed by atoms with Gasteiger partial charge in [-0.1, -0.05) is 43.4 Å². The van der Waals surface area contributed by atoms with Gasteiger partial charge in [0, 0.05) is 10.9 Å². The summed E-state index contributed by atoms with van der Waals surface area (Å²) in [5, 5.41) is 15.8. The zero-order valence-electron chi connectivity index (χ0n) is 18.2. The van der Waals surface area contributed by atoms with E-state index in [-0.39, 0.29) is 17.4 Å². The Bertz CT molecular complexity index is 1290. The number of pyridine rings is 1. The highest BCUT2D eigenvalue weighted by Crippen LogP contribution is 2.43. The van der Waals surface area contributed by atoms with Gasteiger partial charge in [0.2, 0.25) is 0 Å². The fourth-order valence-corrected chi connectivity index (χ4v) is 4.73. The molecule has 1 saturated carbocycles. The van der Waals surface area contributed by atoms with Gasteiger partial charge in [-0.2, -0.15) is 5.10 Å². The number of nitrogen functional groups attached to an aromatic ring is 1. The first-order valence-electron chi connectivity index (χ1n) is 10.9. The summed E-state index contributed by atoms with van der Waals surface area (Å²) >= 11 is 0. The van der Waals surface area contributed by atoms with Crippen LogP contribution in [0.1, 0.15) is 55.2 Å². The minimum atomic E-state index is -0.737. The maximum Gasteiger partial charge on any atom is 0.254 e. The van der Waals surface area contributed by atoms with E-state index in [0.717, 1.165) is 34.2 Å². The summed E-state index contributed by atoms with van der Waals surface area (Å²) in [5.74, 6) is 0.0978. The van der Waals surface area contributed by atoms with Crippen LogP contribution in [0.15, 0.2) is 48.6 Å². The number of nitrogens with two attached hydrogens (primary N) is 2. The Labute approximate surface area is 186 Å². The van der Waals surface area contributed by atoms with Gasteiger partial charge in [-0.3, -0.25) is 4.79 Å². The van der Waals surface area contributed by atoms with Gasteiger partial charge in [0.25, 0.3) is 5.91 Å². The molecule has 5 rings (SSSR count). The van der Waals surface area contributed by atoms with E-state index < -0.39 is 11.5 Å². The van der Waals surface area contributed by atoms with Crippen molar-refractivity contribution in [1.29, 1.82) is 0 Å². The number of hydrogen-bond donors (Lipinski definition) is 3. The third-order valence-electron chi connectivity index (χ3n) is 6.42. The van der Waals surface area contributed by atoms with Crippen molar-refractivity contribution in [2.75, 3.05) is 5.73 Å². The van der Waals surface area contributed by atoms with Crippen LogP contribution in [0.4, 0.5) is 5.82 Å². The number of aromatic nitrogens is 3. The van der Waals surface area contributed by atoms with Crippen LogP contribution in [0.25, 0.3) is 27.7 Å². The number of fused-ring (bicyclic) bond motifs is 1.